The number of rotatable bonds is 5. The molecule has 2 aliphatic carbocycles. The van der Waals surface area contributed by atoms with Crippen LogP contribution in [-0.4, -0.2) is 30.6 Å². The predicted molar refractivity (Wildman–Crippen MR) is 216 cm³/mol. The maximum atomic E-state index is 12.5. The van der Waals surface area contributed by atoms with Crippen LogP contribution in [0.1, 0.15) is 61.5 Å². The molecule has 0 atom stereocenters. The Labute approximate surface area is 311 Å². The maximum Gasteiger partial charge on any atom is 0.166 e. The topological polar surface area (TPSA) is 121 Å². The van der Waals surface area contributed by atoms with E-state index in [9.17, 15) is 30.6 Å². The molecular formula is C48H38O6. The largest absolute Gasteiger partial charge is 0.507 e. The van der Waals surface area contributed by atoms with Gasteiger partial charge in [0.2, 0.25) is 0 Å². The van der Waals surface area contributed by atoms with Gasteiger partial charge in [-0.1, -0.05) is 116 Å². The first kappa shape index (κ1) is 32.3. The molecule has 2 saturated carbocycles. The fourth-order valence-corrected chi connectivity index (χ4v) is 9.07. The molecule has 2 aliphatic rings. The lowest BCUT2D eigenvalue weighted by Gasteiger charge is -2.31. The van der Waals surface area contributed by atoms with Crippen molar-refractivity contribution in [1.82, 2.24) is 0 Å². The van der Waals surface area contributed by atoms with E-state index >= 15 is 0 Å². The number of hydrogen-bond acceptors (Lipinski definition) is 6. The van der Waals surface area contributed by atoms with Gasteiger partial charge in [-0.15, -0.1) is 0 Å². The molecule has 0 radical (unpaired) electrons. The van der Waals surface area contributed by atoms with Gasteiger partial charge in [0.25, 0.3) is 0 Å². The second kappa shape index (κ2) is 12.1. The van der Waals surface area contributed by atoms with Crippen molar-refractivity contribution < 1.29 is 30.6 Å². The van der Waals surface area contributed by atoms with Gasteiger partial charge in [-0.25, -0.2) is 0 Å². The number of benzene rings is 8. The molecule has 6 nitrogen and oxygen atoms in total. The third-order valence-electron chi connectivity index (χ3n) is 12.3. The zero-order valence-corrected chi connectivity index (χ0v) is 29.5. The van der Waals surface area contributed by atoms with Crippen LogP contribution in [-0.2, 0) is 0 Å². The minimum Gasteiger partial charge on any atom is -0.507 e. The molecule has 0 heterocycles. The van der Waals surface area contributed by atoms with Crippen molar-refractivity contribution in [2.45, 2.75) is 50.4 Å². The van der Waals surface area contributed by atoms with Crippen molar-refractivity contribution >= 4 is 43.1 Å². The molecule has 8 aromatic rings. The van der Waals surface area contributed by atoms with Crippen LogP contribution < -0.4 is 0 Å². The summed E-state index contributed by atoms with van der Waals surface area (Å²) in [5.41, 5.74) is 4.42. The summed E-state index contributed by atoms with van der Waals surface area (Å²) in [5, 5.41) is 77.6. The Hall–Kier alpha value is -6.40. The summed E-state index contributed by atoms with van der Waals surface area (Å²) in [6.45, 7) is 0. The molecule has 0 aromatic heterocycles. The van der Waals surface area contributed by atoms with Crippen LogP contribution in [0, 0.1) is 0 Å². The normalized spacial score (nSPS) is 14.9. The average Bonchev–Trinajstić information content (AvgIpc) is 3.16. The highest BCUT2D eigenvalue weighted by Gasteiger charge is 2.37. The van der Waals surface area contributed by atoms with E-state index in [1.807, 2.05) is 84.9 Å². The van der Waals surface area contributed by atoms with Crippen molar-refractivity contribution in [3.63, 3.8) is 0 Å². The Bertz CT molecular complexity index is 2750. The molecule has 6 heteroatoms. The van der Waals surface area contributed by atoms with E-state index in [1.165, 1.54) is 0 Å². The first-order chi connectivity index (χ1) is 26.3. The standard InChI is InChI=1S/C48H38O6/c49-43-37(28-12-5-13-28)45(51)47(53)41-35(30-21-19-27(20-22-30)34-17-7-11-26-9-3-4-16-33(26)34)42-40(44(50)38(29-14-6-15-29)46(52)48(42)54)36(39(41)43)32-23-18-25-8-1-2-10-31(25)24-32/h1-4,7-11,16-24,28-29,49-54H,5-6,12-15H2. The zero-order valence-electron chi connectivity index (χ0n) is 29.5. The van der Waals surface area contributed by atoms with Gasteiger partial charge in [-0.05, 0) is 87.4 Å². The summed E-state index contributed by atoms with van der Waals surface area (Å²) in [6.07, 6.45) is 4.87. The van der Waals surface area contributed by atoms with E-state index in [0.29, 0.717) is 16.7 Å². The Morgan fingerprint density at radius 1 is 0.370 bits per heavy atom. The van der Waals surface area contributed by atoms with Crippen molar-refractivity contribution in [3.05, 3.63) is 120 Å². The highest BCUT2D eigenvalue weighted by atomic mass is 16.3. The van der Waals surface area contributed by atoms with E-state index < -0.39 is 23.0 Å². The van der Waals surface area contributed by atoms with Gasteiger partial charge >= 0.3 is 0 Å². The Balaban J connectivity index is 1.37. The second-order valence-electron chi connectivity index (χ2n) is 15.1. The Kier molecular flexibility index (Phi) is 7.21. The second-order valence-corrected chi connectivity index (χ2v) is 15.1. The smallest absolute Gasteiger partial charge is 0.166 e. The molecule has 0 saturated heterocycles. The number of hydrogen-bond donors (Lipinski definition) is 6. The molecule has 0 amide bonds. The fourth-order valence-electron chi connectivity index (χ4n) is 9.07. The van der Waals surface area contributed by atoms with Crippen molar-refractivity contribution in [2.75, 3.05) is 0 Å². The first-order valence-electron chi connectivity index (χ1n) is 18.8. The third kappa shape index (κ3) is 4.59. The summed E-state index contributed by atoms with van der Waals surface area (Å²) in [7, 11) is 0. The van der Waals surface area contributed by atoms with Gasteiger partial charge in [0.05, 0.1) is 0 Å². The van der Waals surface area contributed by atoms with Gasteiger partial charge in [0.1, 0.15) is 11.5 Å². The van der Waals surface area contributed by atoms with Gasteiger partial charge in [0, 0.05) is 43.8 Å². The lowest BCUT2D eigenvalue weighted by molar-refractivity contribution is 0.355. The minimum absolute atomic E-state index is 0.118. The highest BCUT2D eigenvalue weighted by Crippen LogP contribution is 2.62. The molecule has 6 N–H and O–H groups in total. The molecule has 266 valence electrons. The quantitative estimate of drug-likeness (QED) is 0.0601. The number of phenols is 6. The number of aromatic hydroxyl groups is 6. The summed E-state index contributed by atoms with van der Waals surface area (Å²) in [5.74, 6) is -2.30. The lowest BCUT2D eigenvalue weighted by Crippen LogP contribution is -2.10. The van der Waals surface area contributed by atoms with Crippen molar-refractivity contribution in [1.29, 1.82) is 0 Å². The van der Waals surface area contributed by atoms with Crippen molar-refractivity contribution in [3.8, 4) is 67.9 Å². The number of fused-ring (bicyclic) bond motifs is 4. The van der Waals surface area contributed by atoms with Gasteiger partial charge in [0.15, 0.2) is 23.0 Å². The summed E-state index contributed by atoms with van der Waals surface area (Å²) in [6, 6.07) is 35.8. The first-order valence-corrected chi connectivity index (χ1v) is 18.8. The maximum absolute atomic E-state index is 12.5. The molecule has 10 rings (SSSR count). The van der Waals surface area contributed by atoms with Crippen LogP contribution in [0.25, 0.3) is 76.5 Å². The van der Waals surface area contributed by atoms with Crippen LogP contribution in [0.2, 0.25) is 0 Å². The highest BCUT2D eigenvalue weighted by molar-refractivity contribution is 6.28. The van der Waals surface area contributed by atoms with Gasteiger partial charge in [-0.3, -0.25) is 0 Å². The SMILES string of the molecule is Oc1c(C2CCC2)c(O)c2c(-c3ccc4ccccc4c3)c3c(O)c(C4CCC4)c(O)c(O)c3c(-c3ccc(-c4cccc5ccccc45)cc3)c2c1O. The summed E-state index contributed by atoms with van der Waals surface area (Å²) in [4.78, 5) is 0. The van der Waals surface area contributed by atoms with E-state index in [0.717, 1.165) is 71.2 Å². The van der Waals surface area contributed by atoms with Crippen molar-refractivity contribution in [2.24, 2.45) is 0 Å². The lowest BCUT2D eigenvalue weighted by atomic mass is 9.74. The molecule has 8 aromatic carbocycles. The van der Waals surface area contributed by atoms with E-state index in [-0.39, 0.29) is 61.6 Å². The summed E-state index contributed by atoms with van der Waals surface area (Å²) >= 11 is 0. The number of phenolic OH excluding ortho intramolecular Hbond substituents is 6. The Morgan fingerprint density at radius 3 is 1.41 bits per heavy atom. The van der Waals surface area contributed by atoms with E-state index in [4.69, 9.17) is 0 Å². The molecular weight excluding hydrogens is 673 g/mol. The van der Waals surface area contributed by atoms with Gasteiger partial charge in [-0.2, -0.15) is 0 Å². The minimum atomic E-state index is -0.428. The predicted octanol–water partition coefficient (Wildman–Crippen LogP) is 12.1. The molecule has 0 aliphatic heterocycles. The monoisotopic (exact) mass is 710 g/mol. The molecule has 0 unspecified atom stereocenters. The van der Waals surface area contributed by atoms with Crippen LogP contribution >= 0.6 is 0 Å². The van der Waals surface area contributed by atoms with E-state index in [2.05, 4.69) is 24.3 Å². The molecule has 0 spiro atoms. The Morgan fingerprint density at radius 2 is 0.833 bits per heavy atom. The third-order valence-corrected chi connectivity index (χ3v) is 12.3. The van der Waals surface area contributed by atoms with Crippen LogP contribution in [0.5, 0.6) is 34.5 Å². The van der Waals surface area contributed by atoms with E-state index in [1.54, 1.807) is 0 Å². The zero-order chi connectivity index (χ0) is 36.8. The van der Waals surface area contributed by atoms with Crippen LogP contribution in [0.15, 0.2) is 109 Å². The van der Waals surface area contributed by atoms with Gasteiger partial charge < -0.3 is 30.6 Å². The average molecular weight is 711 g/mol. The fraction of sp³-hybridized carbons (Fsp3) is 0.167. The summed E-state index contributed by atoms with van der Waals surface area (Å²) < 4.78 is 0. The molecule has 2 fully saturated rings. The van der Waals surface area contributed by atoms with Crippen LogP contribution in [0.3, 0.4) is 0 Å². The molecule has 54 heavy (non-hydrogen) atoms. The van der Waals surface area contributed by atoms with Crippen LogP contribution in [0.4, 0.5) is 0 Å². The molecule has 0 bridgehead atoms.